The van der Waals surface area contributed by atoms with Crippen molar-refractivity contribution in [1.82, 2.24) is 10.3 Å². The number of anilines is 1. The van der Waals surface area contributed by atoms with E-state index in [0.29, 0.717) is 19.1 Å². The van der Waals surface area contributed by atoms with E-state index in [1.807, 2.05) is 36.4 Å². The fourth-order valence-electron chi connectivity index (χ4n) is 4.51. The molecule has 160 valence electrons. The fourth-order valence-corrected chi connectivity index (χ4v) is 4.51. The summed E-state index contributed by atoms with van der Waals surface area (Å²) in [5.74, 6) is 1.05. The third-order valence-electron chi connectivity index (χ3n) is 6.39. The molecule has 1 aromatic heterocycles. The summed E-state index contributed by atoms with van der Waals surface area (Å²) in [4.78, 5) is 16.6. The zero-order valence-corrected chi connectivity index (χ0v) is 17.0. The lowest BCUT2D eigenvalue weighted by Gasteiger charge is -2.34. The van der Waals surface area contributed by atoms with Gasteiger partial charge in [-0.2, -0.15) is 0 Å². The second-order valence-corrected chi connectivity index (χ2v) is 8.31. The minimum atomic E-state index is -0.577. The van der Waals surface area contributed by atoms with Gasteiger partial charge < -0.3 is 26.2 Å². The van der Waals surface area contributed by atoms with Crippen LogP contribution in [0.15, 0.2) is 48.8 Å². The van der Waals surface area contributed by atoms with E-state index < -0.39 is 6.23 Å². The summed E-state index contributed by atoms with van der Waals surface area (Å²) in [6.07, 6.45) is 6.56. The zero-order chi connectivity index (χ0) is 20.9. The van der Waals surface area contributed by atoms with Gasteiger partial charge in [0.25, 0.3) is 0 Å². The van der Waals surface area contributed by atoms with Crippen molar-refractivity contribution < 1.29 is 14.6 Å². The molecule has 0 saturated heterocycles. The van der Waals surface area contributed by atoms with Crippen molar-refractivity contribution in [1.29, 1.82) is 0 Å². The predicted molar refractivity (Wildman–Crippen MR) is 115 cm³/mol. The van der Waals surface area contributed by atoms with Gasteiger partial charge >= 0.3 is 0 Å². The molecule has 4 rings (SSSR count). The monoisotopic (exact) mass is 410 g/mol. The van der Waals surface area contributed by atoms with Crippen LogP contribution in [0.5, 0.6) is 5.75 Å². The number of nitrogens with one attached hydrogen (secondary N) is 2. The topological polar surface area (TPSA) is 110 Å². The highest BCUT2D eigenvalue weighted by molar-refractivity contribution is 5.85. The molecule has 0 spiro atoms. The molecule has 7 heteroatoms. The highest BCUT2D eigenvalue weighted by Gasteiger charge is 2.32. The van der Waals surface area contributed by atoms with Crippen molar-refractivity contribution in [2.45, 2.75) is 43.9 Å². The summed E-state index contributed by atoms with van der Waals surface area (Å²) in [6.45, 7) is 0.846. The molecule has 1 aliphatic heterocycles. The molecule has 3 atom stereocenters. The van der Waals surface area contributed by atoms with Gasteiger partial charge in [0.05, 0.1) is 0 Å². The van der Waals surface area contributed by atoms with Crippen LogP contribution >= 0.6 is 0 Å². The van der Waals surface area contributed by atoms with E-state index in [4.69, 9.17) is 10.5 Å². The van der Waals surface area contributed by atoms with Gasteiger partial charge in [-0.05, 0) is 49.8 Å². The number of pyridine rings is 1. The van der Waals surface area contributed by atoms with E-state index in [-0.39, 0.29) is 23.8 Å². The quantitative estimate of drug-likeness (QED) is 0.521. The Labute approximate surface area is 177 Å². The van der Waals surface area contributed by atoms with Gasteiger partial charge in [-0.1, -0.05) is 18.2 Å². The lowest BCUT2D eigenvalue weighted by atomic mass is 9.78. The van der Waals surface area contributed by atoms with Gasteiger partial charge in [-0.15, -0.1) is 0 Å². The van der Waals surface area contributed by atoms with Crippen molar-refractivity contribution in [3.63, 3.8) is 0 Å². The summed E-state index contributed by atoms with van der Waals surface area (Å²) in [5.41, 5.74) is 8.22. The highest BCUT2D eigenvalue weighted by Crippen LogP contribution is 2.34. The number of ether oxygens (including phenoxy) is 1. The number of hydrogen-bond acceptors (Lipinski definition) is 6. The minimum Gasteiger partial charge on any atom is -0.492 e. The predicted octanol–water partition coefficient (Wildman–Crippen LogP) is 2.24. The van der Waals surface area contributed by atoms with Crippen LogP contribution < -0.4 is 21.1 Å². The number of fused-ring (bicyclic) bond motifs is 1. The number of nitrogens with two attached hydrogens (primary N) is 1. The van der Waals surface area contributed by atoms with Crippen LogP contribution in [0.2, 0.25) is 0 Å². The van der Waals surface area contributed by atoms with E-state index in [9.17, 15) is 9.90 Å². The Balaban J connectivity index is 1.21. The molecular weight excluding hydrogens is 380 g/mol. The van der Waals surface area contributed by atoms with Gasteiger partial charge in [0.1, 0.15) is 24.5 Å². The van der Waals surface area contributed by atoms with Crippen LogP contribution in [0.1, 0.15) is 37.2 Å². The largest absolute Gasteiger partial charge is 0.492 e. The molecule has 3 unspecified atom stereocenters. The molecule has 1 aromatic carbocycles. The number of nitrogens with zero attached hydrogens (tertiary/aromatic N) is 1. The number of aliphatic hydroxyl groups is 1. The van der Waals surface area contributed by atoms with Crippen molar-refractivity contribution in [2.75, 3.05) is 18.5 Å². The lowest BCUT2D eigenvalue weighted by molar-refractivity contribution is -0.122. The third kappa shape index (κ3) is 4.74. The summed E-state index contributed by atoms with van der Waals surface area (Å²) in [7, 11) is 0. The molecule has 7 nitrogen and oxygen atoms in total. The summed E-state index contributed by atoms with van der Waals surface area (Å²) >= 11 is 0. The van der Waals surface area contributed by atoms with E-state index in [2.05, 4.69) is 15.6 Å². The van der Waals surface area contributed by atoms with E-state index in [0.717, 1.165) is 42.7 Å². The van der Waals surface area contributed by atoms with Crippen LogP contribution in [0.25, 0.3) is 0 Å². The van der Waals surface area contributed by atoms with Gasteiger partial charge in [0, 0.05) is 42.1 Å². The van der Waals surface area contributed by atoms with Gasteiger partial charge in [0.2, 0.25) is 5.91 Å². The SMILES string of the molecule is NC(CNC(=O)C1COc2ccccc21)C1CCC(C(O)Nc2ccncc2)CC1. The first kappa shape index (κ1) is 20.6. The lowest BCUT2D eigenvalue weighted by Crippen LogP contribution is -2.45. The maximum Gasteiger partial charge on any atom is 0.231 e. The molecule has 30 heavy (non-hydrogen) atoms. The number of rotatable bonds is 7. The average Bonchev–Trinajstić information content (AvgIpc) is 3.22. The normalized spacial score (nSPS) is 24.9. The average molecular weight is 411 g/mol. The Kier molecular flexibility index (Phi) is 6.50. The molecule has 2 aliphatic rings. The molecule has 1 amide bonds. The number of hydrogen-bond donors (Lipinski definition) is 4. The number of aromatic nitrogens is 1. The molecule has 2 aromatic rings. The van der Waals surface area contributed by atoms with Crippen molar-refractivity contribution >= 4 is 11.6 Å². The second kappa shape index (κ2) is 9.45. The molecule has 1 fully saturated rings. The summed E-state index contributed by atoms with van der Waals surface area (Å²) < 4.78 is 5.61. The summed E-state index contributed by atoms with van der Waals surface area (Å²) in [6, 6.07) is 11.3. The Morgan fingerprint density at radius 2 is 1.83 bits per heavy atom. The second-order valence-electron chi connectivity index (χ2n) is 8.31. The standard InChI is InChI=1S/C23H30N4O3/c24-20(13-26-23(29)19-14-30-21-4-2-1-3-18(19)21)15-5-7-16(8-6-15)22(28)27-17-9-11-25-12-10-17/h1-4,9-12,15-16,19-20,22,28H,5-8,13-14,24H2,(H,25,27)(H,26,29). The maximum absolute atomic E-state index is 12.6. The van der Waals surface area contributed by atoms with Crippen LogP contribution in [0.3, 0.4) is 0 Å². The van der Waals surface area contributed by atoms with E-state index >= 15 is 0 Å². The maximum atomic E-state index is 12.6. The number of benzene rings is 1. The van der Waals surface area contributed by atoms with Crippen LogP contribution in [-0.2, 0) is 4.79 Å². The molecule has 5 N–H and O–H groups in total. The van der Waals surface area contributed by atoms with E-state index in [1.54, 1.807) is 12.4 Å². The first-order valence-electron chi connectivity index (χ1n) is 10.7. The number of amides is 1. The first-order valence-corrected chi connectivity index (χ1v) is 10.7. The first-order chi connectivity index (χ1) is 14.6. The zero-order valence-electron chi connectivity index (χ0n) is 17.0. The summed E-state index contributed by atoms with van der Waals surface area (Å²) in [5, 5.41) is 16.7. The van der Waals surface area contributed by atoms with Gasteiger partial charge in [-0.3, -0.25) is 9.78 Å². The fraction of sp³-hybridized carbons (Fsp3) is 0.478. The number of carbonyl (C=O) groups excluding carboxylic acids is 1. The van der Waals surface area contributed by atoms with Gasteiger partial charge in [0.15, 0.2) is 0 Å². The molecule has 2 heterocycles. The molecule has 1 aliphatic carbocycles. The number of para-hydroxylation sites is 1. The van der Waals surface area contributed by atoms with E-state index in [1.165, 1.54) is 0 Å². The third-order valence-corrected chi connectivity index (χ3v) is 6.39. The molecule has 0 bridgehead atoms. The van der Waals surface area contributed by atoms with Crippen molar-refractivity contribution in [3.05, 3.63) is 54.4 Å². The molecule has 1 saturated carbocycles. The Morgan fingerprint density at radius 3 is 2.60 bits per heavy atom. The number of aliphatic hydroxyl groups excluding tert-OH is 1. The smallest absolute Gasteiger partial charge is 0.231 e. The molecule has 0 radical (unpaired) electrons. The number of carbonyl (C=O) groups is 1. The minimum absolute atomic E-state index is 0.0268. The van der Waals surface area contributed by atoms with Gasteiger partial charge in [-0.25, -0.2) is 0 Å². The van der Waals surface area contributed by atoms with Crippen LogP contribution in [0, 0.1) is 11.8 Å². The van der Waals surface area contributed by atoms with Crippen LogP contribution in [-0.4, -0.2) is 41.4 Å². The van der Waals surface area contributed by atoms with Crippen molar-refractivity contribution in [2.24, 2.45) is 17.6 Å². The highest BCUT2D eigenvalue weighted by atomic mass is 16.5. The van der Waals surface area contributed by atoms with Crippen molar-refractivity contribution in [3.8, 4) is 5.75 Å². The molecular formula is C23H30N4O3. The Bertz CT molecular complexity index is 839. The Hall–Kier alpha value is -2.64. The van der Waals surface area contributed by atoms with Crippen LogP contribution in [0.4, 0.5) is 5.69 Å². The Morgan fingerprint density at radius 1 is 1.13 bits per heavy atom.